The van der Waals surface area contributed by atoms with Gasteiger partial charge in [-0.2, -0.15) is 0 Å². The largest absolute Gasteiger partial charge is 0.464 e. The summed E-state index contributed by atoms with van der Waals surface area (Å²) in [6.45, 7) is 4.45. The first-order valence-electron chi connectivity index (χ1n) is 6.80. The molecule has 20 heavy (non-hydrogen) atoms. The zero-order valence-corrected chi connectivity index (χ0v) is 12.2. The third-order valence-corrected chi connectivity index (χ3v) is 2.89. The molecule has 0 fully saturated rings. The Hall–Kier alpha value is -1.88. The van der Waals surface area contributed by atoms with E-state index in [1.807, 2.05) is 25.2 Å². The molecular formula is C15H22N2O3. The van der Waals surface area contributed by atoms with E-state index in [1.165, 1.54) is 0 Å². The highest BCUT2D eigenvalue weighted by atomic mass is 16.5. The van der Waals surface area contributed by atoms with Gasteiger partial charge in [-0.05, 0) is 45.5 Å². The fraction of sp³-hybridized carbons (Fsp3) is 0.467. The number of carbonyl (C=O) groups excluding carboxylic acids is 2. The molecule has 0 aliphatic carbocycles. The zero-order valence-electron chi connectivity index (χ0n) is 12.2. The van der Waals surface area contributed by atoms with Gasteiger partial charge in [-0.3, -0.25) is 4.79 Å². The number of amides is 1. The summed E-state index contributed by atoms with van der Waals surface area (Å²) >= 11 is 0. The van der Waals surface area contributed by atoms with E-state index < -0.39 is 12.0 Å². The van der Waals surface area contributed by atoms with Crippen LogP contribution in [0.2, 0.25) is 0 Å². The molecular weight excluding hydrogens is 256 g/mol. The van der Waals surface area contributed by atoms with Gasteiger partial charge in [-0.25, -0.2) is 4.79 Å². The molecule has 5 heteroatoms. The van der Waals surface area contributed by atoms with Crippen LogP contribution in [0.1, 0.15) is 29.8 Å². The van der Waals surface area contributed by atoms with E-state index in [9.17, 15) is 9.59 Å². The minimum Gasteiger partial charge on any atom is -0.464 e. The third kappa shape index (κ3) is 4.66. The maximum Gasteiger partial charge on any atom is 0.328 e. The molecule has 0 aliphatic rings. The Morgan fingerprint density at radius 1 is 1.30 bits per heavy atom. The van der Waals surface area contributed by atoms with Crippen molar-refractivity contribution in [2.45, 2.75) is 26.3 Å². The SMILES string of the molecule is CCOC(=O)C(C)NC(=O)c1ccccc1CCNC. The van der Waals surface area contributed by atoms with Gasteiger partial charge in [0.15, 0.2) is 0 Å². The summed E-state index contributed by atoms with van der Waals surface area (Å²) in [5.74, 6) is -0.675. The van der Waals surface area contributed by atoms with Crippen LogP contribution in [0.15, 0.2) is 24.3 Å². The normalized spacial score (nSPS) is 11.8. The molecule has 0 bridgehead atoms. The summed E-state index contributed by atoms with van der Waals surface area (Å²) in [5, 5.41) is 5.72. The van der Waals surface area contributed by atoms with Gasteiger partial charge in [0, 0.05) is 5.56 Å². The highest BCUT2D eigenvalue weighted by Crippen LogP contribution is 2.09. The van der Waals surface area contributed by atoms with Crippen molar-refractivity contribution in [1.82, 2.24) is 10.6 Å². The van der Waals surface area contributed by atoms with Gasteiger partial charge in [0.25, 0.3) is 5.91 Å². The molecule has 5 nitrogen and oxygen atoms in total. The minimum absolute atomic E-state index is 0.253. The standard InChI is InChI=1S/C15H22N2O3/c1-4-20-15(19)11(2)17-14(18)13-8-6-5-7-12(13)9-10-16-3/h5-8,11,16H,4,9-10H2,1-3H3,(H,17,18). The Balaban J connectivity index is 2.74. The Kier molecular flexibility index (Phi) is 6.73. The van der Waals surface area contributed by atoms with Gasteiger partial charge in [0.05, 0.1) is 6.61 Å². The predicted molar refractivity (Wildman–Crippen MR) is 77.6 cm³/mol. The van der Waals surface area contributed by atoms with E-state index >= 15 is 0 Å². The van der Waals surface area contributed by atoms with Gasteiger partial charge in [-0.15, -0.1) is 0 Å². The van der Waals surface area contributed by atoms with Gasteiger partial charge in [-0.1, -0.05) is 18.2 Å². The first kappa shape index (κ1) is 16.2. The average molecular weight is 278 g/mol. The second-order valence-electron chi connectivity index (χ2n) is 4.46. The Morgan fingerprint density at radius 3 is 2.65 bits per heavy atom. The molecule has 1 rings (SSSR count). The van der Waals surface area contributed by atoms with Crippen molar-refractivity contribution >= 4 is 11.9 Å². The Labute approximate surface area is 119 Å². The summed E-state index contributed by atoms with van der Waals surface area (Å²) < 4.78 is 4.87. The second kappa shape index (κ2) is 8.32. The number of carbonyl (C=O) groups is 2. The van der Waals surface area contributed by atoms with Crippen molar-refractivity contribution in [3.05, 3.63) is 35.4 Å². The van der Waals surface area contributed by atoms with E-state index in [1.54, 1.807) is 19.9 Å². The summed E-state index contributed by atoms with van der Waals surface area (Å²) in [7, 11) is 1.87. The molecule has 0 aromatic heterocycles. The molecule has 0 saturated carbocycles. The fourth-order valence-corrected chi connectivity index (χ4v) is 1.82. The molecule has 110 valence electrons. The number of rotatable bonds is 7. The molecule has 1 aromatic rings. The summed E-state index contributed by atoms with van der Waals surface area (Å²) in [4.78, 5) is 23.7. The molecule has 2 N–H and O–H groups in total. The van der Waals surface area contributed by atoms with Crippen molar-refractivity contribution < 1.29 is 14.3 Å². The van der Waals surface area contributed by atoms with Gasteiger partial charge in [0.1, 0.15) is 6.04 Å². The van der Waals surface area contributed by atoms with E-state index in [4.69, 9.17) is 4.74 Å². The molecule has 0 saturated heterocycles. The molecule has 0 radical (unpaired) electrons. The van der Waals surface area contributed by atoms with E-state index in [0.29, 0.717) is 12.2 Å². The van der Waals surface area contributed by atoms with Crippen LogP contribution in [-0.2, 0) is 16.0 Å². The van der Waals surface area contributed by atoms with Crippen LogP contribution in [0.5, 0.6) is 0 Å². The second-order valence-corrected chi connectivity index (χ2v) is 4.46. The number of nitrogens with one attached hydrogen (secondary N) is 2. The fourth-order valence-electron chi connectivity index (χ4n) is 1.82. The maximum absolute atomic E-state index is 12.2. The number of hydrogen-bond acceptors (Lipinski definition) is 4. The minimum atomic E-state index is -0.653. The Bertz CT molecular complexity index is 460. The van der Waals surface area contributed by atoms with Gasteiger partial charge < -0.3 is 15.4 Å². The lowest BCUT2D eigenvalue weighted by atomic mass is 10.0. The highest BCUT2D eigenvalue weighted by molar-refractivity contribution is 5.97. The highest BCUT2D eigenvalue weighted by Gasteiger charge is 2.18. The third-order valence-electron chi connectivity index (χ3n) is 2.89. The molecule has 0 aliphatic heterocycles. The number of esters is 1. The molecule has 1 amide bonds. The number of ether oxygens (including phenoxy) is 1. The summed E-state index contributed by atoms with van der Waals surface area (Å²) in [6, 6.07) is 6.74. The van der Waals surface area contributed by atoms with Gasteiger partial charge in [0.2, 0.25) is 0 Å². The molecule has 1 atom stereocenters. The van der Waals surface area contributed by atoms with Crippen molar-refractivity contribution in [2.24, 2.45) is 0 Å². The number of benzene rings is 1. The monoisotopic (exact) mass is 278 g/mol. The van der Waals surface area contributed by atoms with E-state index in [2.05, 4.69) is 10.6 Å². The number of hydrogen-bond donors (Lipinski definition) is 2. The average Bonchev–Trinajstić information content (AvgIpc) is 2.45. The lowest BCUT2D eigenvalue weighted by molar-refractivity contribution is -0.144. The zero-order chi connectivity index (χ0) is 15.0. The van der Waals surface area contributed by atoms with Crippen LogP contribution in [0.4, 0.5) is 0 Å². The summed E-state index contributed by atoms with van der Waals surface area (Å²) in [6.07, 6.45) is 0.758. The predicted octanol–water partition coefficient (Wildman–Crippen LogP) is 1.13. The van der Waals surface area contributed by atoms with Crippen LogP contribution in [0.3, 0.4) is 0 Å². The first-order chi connectivity index (χ1) is 9.60. The number of likely N-dealkylation sites (N-methyl/N-ethyl adjacent to an activating group) is 1. The summed E-state index contributed by atoms with van der Waals surface area (Å²) in [5.41, 5.74) is 1.55. The Morgan fingerprint density at radius 2 is 2.00 bits per heavy atom. The molecule has 1 aromatic carbocycles. The van der Waals surface area contributed by atoms with Crippen LogP contribution < -0.4 is 10.6 Å². The first-order valence-corrected chi connectivity index (χ1v) is 6.80. The van der Waals surface area contributed by atoms with Crippen molar-refractivity contribution in [3.63, 3.8) is 0 Å². The van der Waals surface area contributed by atoms with E-state index in [0.717, 1.165) is 18.5 Å². The lowest BCUT2D eigenvalue weighted by Crippen LogP contribution is -2.40. The van der Waals surface area contributed by atoms with Crippen LogP contribution in [0.25, 0.3) is 0 Å². The lowest BCUT2D eigenvalue weighted by Gasteiger charge is -2.14. The molecule has 1 unspecified atom stereocenters. The molecule has 0 heterocycles. The van der Waals surface area contributed by atoms with Crippen molar-refractivity contribution in [3.8, 4) is 0 Å². The van der Waals surface area contributed by atoms with Crippen LogP contribution in [0, 0.1) is 0 Å². The molecule has 0 spiro atoms. The van der Waals surface area contributed by atoms with Crippen molar-refractivity contribution in [1.29, 1.82) is 0 Å². The van der Waals surface area contributed by atoms with Gasteiger partial charge >= 0.3 is 5.97 Å². The van der Waals surface area contributed by atoms with Crippen molar-refractivity contribution in [2.75, 3.05) is 20.2 Å². The van der Waals surface area contributed by atoms with Crippen LogP contribution >= 0.6 is 0 Å². The van der Waals surface area contributed by atoms with Crippen LogP contribution in [-0.4, -0.2) is 38.1 Å². The smallest absolute Gasteiger partial charge is 0.328 e. The maximum atomic E-state index is 12.2. The van der Waals surface area contributed by atoms with E-state index in [-0.39, 0.29) is 5.91 Å². The quantitative estimate of drug-likeness (QED) is 0.734. The topological polar surface area (TPSA) is 67.4 Å².